The Kier molecular flexibility index (Phi) is 4.55. The summed E-state index contributed by atoms with van der Waals surface area (Å²) in [6.45, 7) is 0.738. The lowest BCUT2D eigenvalue weighted by molar-refractivity contribution is -0.137. The maximum absolute atomic E-state index is 12.7. The third-order valence-electron chi connectivity index (χ3n) is 3.12. The molecule has 1 atom stereocenters. The molecule has 2 rings (SSSR count). The molecule has 0 aromatic heterocycles. The van der Waals surface area contributed by atoms with Crippen LogP contribution in [0.25, 0.3) is 0 Å². The smallest absolute Gasteiger partial charge is 0.325 e. The second kappa shape index (κ2) is 6.01. The highest BCUT2D eigenvalue weighted by molar-refractivity contribution is 6.31. The SMILES string of the molecule is O=C(Nc1cc(Cl)cc(C(F)(F)F)c1)C1CCCCN1. The van der Waals surface area contributed by atoms with E-state index in [0.717, 1.165) is 31.5 Å². The summed E-state index contributed by atoms with van der Waals surface area (Å²) in [5.41, 5.74) is -0.820. The van der Waals surface area contributed by atoms with Crippen molar-refractivity contribution < 1.29 is 18.0 Å². The van der Waals surface area contributed by atoms with Gasteiger partial charge < -0.3 is 10.6 Å². The van der Waals surface area contributed by atoms with Crippen molar-refractivity contribution in [1.82, 2.24) is 5.32 Å². The summed E-state index contributed by atoms with van der Waals surface area (Å²) in [4.78, 5) is 11.9. The Hall–Kier alpha value is -1.27. The minimum Gasteiger partial charge on any atom is -0.325 e. The Morgan fingerprint density at radius 2 is 2.05 bits per heavy atom. The van der Waals surface area contributed by atoms with Gasteiger partial charge in [-0.1, -0.05) is 18.0 Å². The number of amides is 1. The van der Waals surface area contributed by atoms with Gasteiger partial charge in [0.05, 0.1) is 11.6 Å². The molecule has 0 bridgehead atoms. The number of rotatable bonds is 2. The van der Waals surface area contributed by atoms with Crippen molar-refractivity contribution in [1.29, 1.82) is 0 Å². The summed E-state index contributed by atoms with van der Waals surface area (Å²) in [6, 6.07) is 2.65. The Morgan fingerprint density at radius 1 is 1.30 bits per heavy atom. The van der Waals surface area contributed by atoms with Crippen LogP contribution in [0.1, 0.15) is 24.8 Å². The van der Waals surface area contributed by atoms with Gasteiger partial charge in [0.2, 0.25) is 5.91 Å². The van der Waals surface area contributed by atoms with Crippen LogP contribution < -0.4 is 10.6 Å². The molecule has 1 fully saturated rings. The molecule has 1 aromatic rings. The van der Waals surface area contributed by atoms with Crippen LogP contribution >= 0.6 is 11.6 Å². The minimum absolute atomic E-state index is 0.0576. The molecule has 110 valence electrons. The fourth-order valence-electron chi connectivity index (χ4n) is 2.13. The Bertz CT molecular complexity index is 499. The quantitative estimate of drug-likeness (QED) is 0.879. The number of halogens is 4. The van der Waals surface area contributed by atoms with Gasteiger partial charge in [0.25, 0.3) is 0 Å². The van der Waals surface area contributed by atoms with Crippen molar-refractivity contribution in [2.24, 2.45) is 0 Å². The van der Waals surface area contributed by atoms with Crippen LogP contribution in [0.2, 0.25) is 5.02 Å². The molecule has 1 amide bonds. The molecule has 0 spiro atoms. The van der Waals surface area contributed by atoms with Gasteiger partial charge in [0.15, 0.2) is 0 Å². The van der Waals surface area contributed by atoms with Crippen molar-refractivity contribution in [3.05, 3.63) is 28.8 Å². The minimum atomic E-state index is -4.49. The van der Waals surface area contributed by atoms with Gasteiger partial charge in [-0.05, 0) is 37.6 Å². The number of hydrogen-bond donors (Lipinski definition) is 2. The van der Waals surface area contributed by atoms with E-state index in [1.807, 2.05) is 0 Å². The Labute approximate surface area is 119 Å². The van der Waals surface area contributed by atoms with E-state index in [4.69, 9.17) is 11.6 Å². The van der Waals surface area contributed by atoms with Crippen LogP contribution in [0, 0.1) is 0 Å². The molecule has 7 heteroatoms. The van der Waals surface area contributed by atoms with E-state index in [-0.39, 0.29) is 22.7 Å². The van der Waals surface area contributed by atoms with E-state index in [9.17, 15) is 18.0 Å². The zero-order valence-electron chi connectivity index (χ0n) is 10.6. The van der Waals surface area contributed by atoms with Crippen LogP contribution in [-0.4, -0.2) is 18.5 Å². The number of carbonyl (C=O) groups excluding carboxylic acids is 1. The summed E-state index contributed by atoms with van der Waals surface area (Å²) >= 11 is 5.66. The number of carbonyl (C=O) groups is 1. The summed E-state index contributed by atoms with van der Waals surface area (Å²) in [5.74, 6) is -0.333. The average molecular weight is 307 g/mol. The molecular weight excluding hydrogens is 293 g/mol. The lowest BCUT2D eigenvalue weighted by atomic mass is 10.0. The average Bonchev–Trinajstić information content (AvgIpc) is 2.38. The maximum Gasteiger partial charge on any atom is 0.416 e. The van der Waals surface area contributed by atoms with Crippen molar-refractivity contribution in [3.8, 4) is 0 Å². The van der Waals surface area contributed by atoms with Crippen LogP contribution in [0.15, 0.2) is 18.2 Å². The topological polar surface area (TPSA) is 41.1 Å². The first-order chi connectivity index (χ1) is 9.36. The molecule has 1 heterocycles. The predicted molar refractivity (Wildman–Crippen MR) is 70.7 cm³/mol. The van der Waals surface area contributed by atoms with Crippen LogP contribution in [0.4, 0.5) is 18.9 Å². The van der Waals surface area contributed by atoms with Crippen LogP contribution in [0.3, 0.4) is 0 Å². The number of benzene rings is 1. The molecule has 1 unspecified atom stereocenters. The molecule has 1 saturated heterocycles. The maximum atomic E-state index is 12.7. The number of alkyl halides is 3. The second-order valence-corrected chi connectivity index (χ2v) is 5.15. The number of anilines is 1. The van der Waals surface area contributed by atoms with Gasteiger partial charge in [0, 0.05) is 10.7 Å². The first-order valence-electron chi connectivity index (χ1n) is 6.28. The van der Waals surface area contributed by atoms with Gasteiger partial charge in [0.1, 0.15) is 0 Å². The molecule has 20 heavy (non-hydrogen) atoms. The largest absolute Gasteiger partial charge is 0.416 e. The van der Waals surface area contributed by atoms with E-state index in [1.165, 1.54) is 6.07 Å². The highest BCUT2D eigenvalue weighted by atomic mass is 35.5. The lowest BCUT2D eigenvalue weighted by Gasteiger charge is -2.22. The predicted octanol–water partition coefficient (Wildman–Crippen LogP) is 3.44. The number of hydrogen-bond acceptors (Lipinski definition) is 2. The van der Waals surface area contributed by atoms with Crippen molar-refractivity contribution in [2.75, 3.05) is 11.9 Å². The molecule has 1 aromatic carbocycles. The monoisotopic (exact) mass is 306 g/mol. The standard InChI is InChI=1S/C13H14ClF3N2O/c14-9-5-8(13(15,16)17)6-10(7-9)19-12(20)11-3-1-2-4-18-11/h5-7,11,18H,1-4H2,(H,19,20). The highest BCUT2D eigenvalue weighted by Crippen LogP contribution is 2.33. The van der Waals surface area contributed by atoms with Crippen molar-refractivity contribution >= 4 is 23.2 Å². The number of nitrogens with one attached hydrogen (secondary N) is 2. The normalized spacial score (nSPS) is 19.7. The van der Waals surface area contributed by atoms with Gasteiger partial charge >= 0.3 is 6.18 Å². The molecule has 1 aliphatic rings. The molecule has 0 aliphatic carbocycles. The van der Waals surface area contributed by atoms with E-state index in [2.05, 4.69) is 10.6 Å². The first-order valence-corrected chi connectivity index (χ1v) is 6.66. The molecule has 3 nitrogen and oxygen atoms in total. The summed E-state index contributed by atoms with van der Waals surface area (Å²) in [6.07, 6.45) is -1.89. The fourth-order valence-corrected chi connectivity index (χ4v) is 2.37. The van der Waals surface area contributed by atoms with Crippen molar-refractivity contribution in [3.63, 3.8) is 0 Å². The Balaban J connectivity index is 2.12. The van der Waals surface area contributed by atoms with Gasteiger partial charge in [-0.25, -0.2) is 0 Å². The van der Waals surface area contributed by atoms with Crippen molar-refractivity contribution in [2.45, 2.75) is 31.5 Å². The summed E-state index contributed by atoms with van der Waals surface area (Å²) < 4.78 is 38.0. The van der Waals surface area contributed by atoms with E-state index < -0.39 is 11.7 Å². The summed E-state index contributed by atoms with van der Waals surface area (Å²) in [5, 5.41) is 5.45. The zero-order valence-corrected chi connectivity index (χ0v) is 11.3. The van der Waals surface area contributed by atoms with E-state index >= 15 is 0 Å². The third kappa shape index (κ3) is 3.86. The third-order valence-corrected chi connectivity index (χ3v) is 3.34. The summed E-state index contributed by atoms with van der Waals surface area (Å²) in [7, 11) is 0. The molecular formula is C13H14ClF3N2O. The molecule has 1 aliphatic heterocycles. The second-order valence-electron chi connectivity index (χ2n) is 4.72. The van der Waals surface area contributed by atoms with Crippen LogP contribution in [-0.2, 0) is 11.0 Å². The van der Waals surface area contributed by atoms with Gasteiger partial charge in [-0.2, -0.15) is 13.2 Å². The molecule has 0 saturated carbocycles. The molecule has 0 radical (unpaired) electrons. The lowest BCUT2D eigenvalue weighted by Crippen LogP contribution is -2.43. The number of piperidine rings is 1. The Morgan fingerprint density at radius 3 is 2.65 bits per heavy atom. The fraction of sp³-hybridized carbons (Fsp3) is 0.462. The van der Waals surface area contributed by atoms with Crippen LogP contribution in [0.5, 0.6) is 0 Å². The van der Waals surface area contributed by atoms with E-state index in [0.29, 0.717) is 6.42 Å². The first kappa shape index (κ1) is 15.1. The van der Waals surface area contributed by atoms with Gasteiger partial charge in [-0.15, -0.1) is 0 Å². The van der Waals surface area contributed by atoms with Gasteiger partial charge in [-0.3, -0.25) is 4.79 Å². The van der Waals surface area contributed by atoms with E-state index in [1.54, 1.807) is 0 Å². The zero-order chi connectivity index (χ0) is 14.8. The highest BCUT2D eigenvalue weighted by Gasteiger charge is 2.31. The molecule has 2 N–H and O–H groups in total.